The van der Waals surface area contributed by atoms with E-state index in [1.807, 2.05) is 0 Å². The average Bonchev–Trinajstić information content (AvgIpc) is 2.86. The minimum Gasteiger partial charge on any atom is -0.508 e. The lowest BCUT2D eigenvalue weighted by atomic mass is 10.0. The molecule has 1 aromatic heterocycles. The molecule has 0 aliphatic rings. The number of fused-ring (bicyclic) bond motifs is 1. The molecule has 3 aromatic rings. The number of carbonyl (C=O) groups excluding carboxylic acids is 1. The van der Waals surface area contributed by atoms with Crippen LogP contribution in [0.3, 0.4) is 0 Å². The third kappa shape index (κ3) is 1.73. The molecule has 0 fully saturated rings. The average molecular weight is 238 g/mol. The van der Waals surface area contributed by atoms with E-state index in [-0.39, 0.29) is 11.5 Å². The Morgan fingerprint density at radius 1 is 1.06 bits per heavy atom. The number of carbonyl (C=O) groups is 1. The van der Waals surface area contributed by atoms with Crippen LogP contribution >= 0.6 is 0 Å². The molecule has 0 spiro atoms. The summed E-state index contributed by atoms with van der Waals surface area (Å²) in [6.45, 7) is 0. The molecule has 0 aliphatic heterocycles. The number of benzene rings is 2. The summed E-state index contributed by atoms with van der Waals surface area (Å²) in [5.74, 6) is 0.0714. The largest absolute Gasteiger partial charge is 0.508 e. The van der Waals surface area contributed by atoms with Crippen LogP contribution in [0, 0.1) is 0 Å². The third-order valence-corrected chi connectivity index (χ3v) is 2.81. The van der Waals surface area contributed by atoms with Crippen molar-refractivity contribution < 1.29 is 9.90 Å². The van der Waals surface area contributed by atoms with Crippen LogP contribution in [0.25, 0.3) is 11.0 Å². The van der Waals surface area contributed by atoms with Gasteiger partial charge in [0.1, 0.15) is 5.75 Å². The van der Waals surface area contributed by atoms with E-state index in [2.05, 4.69) is 9.97 Å². The minimum atomic E-state index is -0.0773. The molecule has 2 N–H and O–H groups in total. The predicted octanol–water partition coefficient (Wildman–Crippen LogP) is 2.50. The third-order valence-electron chi connectivity index (χ3n) is 2.81. The highest BCUT2D eigenvalue weighted by Gasteiger charge is 2.10. The van der Waals surface area contributed by atoms with E-state index in [9.17, 15) is 9.90 Å². The van der Waals surface area contributed by atoms with Gasteiger partial charge >= 0.3 is 0 Å². The van der Waals surface area contributed by atoms with Crippen molar-refractivity contribution in [3.05, 3.63) is 59.9 Å². The molecular formula is C14H10N2O2. The number of aromatic amines is 1. The number of phenolic OH excluding ortho intramolecular Hbond substituents is 1. The van der Waals surface area contributed by atoms with Crippen molar-refractivity contribution >= 4 is 16.8 Å². The summed E-state index contributed by atoms with van der Waals surface area (Å²) in [5.41, 5.74) is 2.81. The molecule has 88 valence electrons. The van der Waals surface area contributed by atoms with Crippen LogP contribution in [0.4, 0.5) is 0 Å². The zero-order valence-electron chi connectivity index (χ0n) is 9.42. The fourth-order valence-electron chi connectivity index (χ4n) is 1.86. The lowest BCUT2D eigenvalue weighted by Crippen LogP contribution is -2.00. The highest BCUT2D eigenvalue weighted by atomic mass is 16.3. The fourth-order valence-corrected chi connectivity index (χ4v) is 1.86. The maximum atomic E-state index is 12.2. The van der Waals surface area contributed by atoms with Crippen molar-refractivity contribution in [1.82, 2.24) is 9.97 Å². The number of ketones is 1. The molecule has 1 heterocycles. The molecule has 0 unspecified atom stereocenters. The summed E-state index contributed by atoms with van der Waals surface area (Å²) in [6.07, 6.45) is 1.60. The monoisotopic (exact) mass is 238 g/mol. The first-order chi connectivity index (χ1) is 8.74. The first kappa shape index (κ1) is 10.5. The summed E-state index contributed by atoms with van der Waals surface area (Å²) in [4.78, 5) is 19.3. The number of rotatable bonds is 2. The van der Waals surface area contributed by atoms with Gasteiger partial charge < -0.3 is 10.1 Å². The summed E-state index contributed by atoms with van der Waals surface area (Å²) in [5, 5.41) is 9.20. The van der Waals surface area contributed by atoms with Crippen molar-refractivity contribution in [2.45, 2.75) is 0 Å². The fraction of sp³-hybridized carbons (Fsp3) is 0. The van der Waals surface area contributed by atoms with Gasteiger partial charge in [-0.15, -0.1) is 0 Å². The van der Waals surface area contributed by atoms with Crippen LogP contribution in [0.15, 0.2) is 48.8 Å². The van der Waals surface area contributed by atoms with E-state index >= 15 is 0 Å². The molecule has 0 aliphatic carbocycles. The standard InChI is InChI=1S/C14H10N2O2/c17-11-4-1-9(2-5-11)14(18)10-3-6-12-13(7-10)16-8-15-12/h1-8,17H,(H,15,16). The van der Waals surface area contributed by atoms with E-state index in [4.69, 9.17) is 0 Å². The first-order valence-corrected chi connectivity index (χ1v) is 5.51. The van der Waals surface area contributed by atoms with E-state index in [0.717, 1.165) is 11.0 Å². The van der Waals surface area contributed by atoms with Crippen molar-refractivity contribution in [3.8, 4) is 5.75 Å². The molecule has 0 bridgehead atoms. The first-order valence-electron chi connectivity index (χ1n) is 5.51. The lowest BCUT2D eigenvalue weighted by molar-refractivity contribution is 0.103. The smallest absolute Gasteiger partial charge is 0.193 e. The topological polar surface area (TPSA) is 66.0 Å². The summed E-state index contributed by atoms with van der Waals surface area (Å²) >= 11 is 0. The quantitative estimate of drug-likeness (QED) is 0.674. The second-order valence-corrected chi connectivity index (χ2v) is 4.01. The van der Waals surface area contributed by atoms with Gasteiger partial charge in [-0.3, -0.25) is 4.79 Å². The van der Waals surface area contributed by atoms with Crippen LogP contribution in [0.2, 0.25) is 0 Å². The van der Waals surface area contributed by atoms with Gasteiger partial charge in [-0.2, -0.15) is 0 Å². The molecular weight excluding hydrogens is 228 g/mol. The highest BCUT2D eigenvalue weighted by molar-refractivity contribution is 6.10. The minimum absolute atomic E-state index is 0.0773. The summed E-state index contributed by atoms with van der Waals surface area (Å²) < 4.78 is 0. The SMILES string of the molecule is O=C(c1ccc(O)cc1)c1ccc2nc[nH]c2c1. The molecule has 0 amide bonds. The van der Waals surface area contributed by atoms with Crippen molar-refractivity contribution in [3.63, 3.8) is 0 Å². The number of phenols is 1. The van der Waals surface area contributed by atoms with Gasteiger partial charge in [0.2, 0.25) is 0 Å². The van der Waals surface area contributed by atoms with Gasteiger partial charge in [-0.25, -0.2) is 4.98 Å². The number of hydrogen-bond acceptors (Lipinski definition) is 3. The predicted molar refractivity (Wildman–Crippen MR) is 67.6 cm³/mol. The Kier molecular flexibility index (Phi) is 2.34. The maximum absolute atomic E-state index is 12.2. The summed E-state index contributed by atoms with van der Waals surface area (Å²) in [6, 6.07) is 11.5. The second kappa shape index (κ2) is 4.00. The zero-order valence-corrected chi connectivity index (χ0v) is 9.42. The van der Waals surface area contributed by atoms with Crippen LogP contribution in [0.5, 0.6) is 5.75 Å². The van der Waals surface area contributed by atoms with E-state index in [1.165, 1.54) is 12.1 Å². The van der Waals surface area contributed by atoms with Crippen LogP contribution in [-0.4, -0.2) is 20.9 Å². The summed E-state index contributed by atoms with van der Waals surface area (Å²) in [7, 11) is 0. The van der Waals surface area contributed by atoms with Gasteiger partial charge in [0.15, 0.2) is 5.78 Å². The Morgan fingerprint density at radius 2 is 1.78 bits per heavy atom. The molecule has 18 heavy (non-hydrogen) atoms. The Balaban J connectivity index is 2.03. The molecule has 3 rings (SSSR count). The van der Waals surface area contributed by atoms with Crippen LogP contribution < -0.4 is 0 Å². The number of nitrogens with zero attached hydrogens (tertiary/aromatic N) is 1. The van der Waals surface area contributed by atoms with E-state index in [1.54, 1.807) is 36.7 Å². The Hall–Kier alpha value is -2.62. The van der Waals surface area contributed by atoms with Crippen LogP contribution in [0.1, 0.15) is 15.9 Å². The van der Waals surface area contributed by atoms with Gasteiger partial charge in [0.05, 0.1) is 17.4 Å². The van der Waals surface area contributed by atoms with Crippen LogP contribution in [-0.2, 0) is 0 Å². The van der Waals surface area contributed by atoms with Gasteiger partial charge in [0, 0.05) is 11.1 Å². The van der Waals surface area contributed by atoms with Gasteiger partial charge in [-0.1, -0.05) is 0 Å². The second-order valence-electron chi connectivity index (χ2n) is 4.01. The lowest BCUT2D eigenvalue weighted by Gasteiger charge is -2.01. The maximum Gasteiger partial charge on any atom is 0.193 e. The number of H-pyrrole nitrogens is 1. The van der Waals surface area contributed by atoms with Crippen molar-refractivity contribution in [1.29, 1.82) is 0 Å². The number of aromatic nitrogens is 2. The Labute approximate surface area is 103 Å². The molecule has 0 radical (unpaired) electrons. The molecule has 4 heteroatoms. The van der Waals surface area contributed by atoms with Crippen molar-refractivity contribution in [2.24, 2.45) is 0 Å². The number of nitrogens with one attached hydrogen (secondary N) is 1. The molecule has 0 saturated heterocycles. The van der Waals surface area contributed by atoms with E-state index in [0.29, 0.717) is 11.1 Å². The van der Waals surface area contributed by atoms with Gasteiger partial charge in [0.25, 0.3) is 0 Å². The normalized spacial score (nSPS) is 10.7. The number of aromatic hydroxyl groups is 1. The van der Waals surface area contributed by atoms with E-state index < -0.39 is 0 Å². The molecule has 0 saturated carbocycles. The molecule has 0 atom stereocenters. The molecule has 2 aromatic carbocycles. The number of hydrogen-bond donors (Lipinski definition) is 2. The Bertz CT molecular complexity index is 714. The molecule has 4 nitrogen and oxygen atoms in total. The Morgan fingerprint density at radius 3 is 2.56 bits per heavy atom. The highest BCUT2D eigenvalue weighted by Crippen LogP contribution is 2.17. The van der Waals surface area contributed by atoms with Gasteiger partial charge in [-0.05, 0) is 42.5 Å². The number of imidazole rings is 1. The van der Waals surface area contributed by atoms with Crippen molar-refractivity contribution in [2.75, 3.05) is 0 Å². The zero-order chi connectivity index (χ0) is 12.5.